The fourth-order valence-electron chi connectivity index (χ4n) is 3.33. The summed E-state index contributed by atoms with van der Waals surface area (Å²) in [6.45, 7) is 3.89. The van der Waals surface area contributed by atoms with Crippen LogP contribution in [0.4, 0.5) is 5.13 Å². The lowest BCUT2D eigenvalue weighted by molar-refractivity contribution is -0.132. The number of benzene rings is 2. The number of ketones is 1. The molecule has 7 heteroatoms. The van der Waals surface area contributed by atoms with E-state index in [9.17, 15) is 14.7 Å². The first kappa shape index (κ1) is 19.0. The van der Waals surface area contributed by atoms with Gasteiger partial charge in [-0.3, -0.25) is 14.5 Å². The molecule has 3 aromatic rings. The third-order valence-electron chi connectivity index (χ3n) is 4.85. The minimum atomic E-state index is -0.768. The van der Waals surface area contributed by atoms with Gasteiger partial charge in [-0.05, 0) is 18.9 Å². The minimum Gasteiger partial charge on any atom is -0.507 e. The average Bonchev–Trinajstić information content (AvgIpc) is 3.31. The summed E-state index contributed by atoms with van der Waals surface area (Å²) in [5, 5.41) is 20.3. The summed E-state index contributed by atoms with van der Waals surface area (Å²) < 4.78 is 0. The summed E-state index contributed by atoms with van der Waals surface area (Å²) in [6, 6.07) is 15.6. The SMILES string of the molecule is CCc1nnc(N2C(=O)C(=O)/C(=C(/O)c3ccc(C)cc3)C2c2ccccc2)s1. The van der Waals surface area contributed by atoms with Gasteiger partial charge in [-0.2, -0.15) is 0 Å². The van der Waals surface area contributed by atoms with Gasteiger partial charge in [-0.1, -0.05) is 78.4 Å². The lowest BCUT2D eigenvalue weighted by Crippen LogP contribution is -2.29. The van der Waals surface area contributed by atoms with Crippen molar-refractivity contribution >= 4 is 33.9 Å². The number of aliphatic hydroxyl groups is 1. The topological polar surface area (TPSA) is 83.4 Å². The molecule has 146 valence electrons. The van der Waals surface area contributed by atoms with Crippen molar-refractivity contribution in [1.82, 2.24) is 10.2 Å². The Morgan fingerprint density at radius 3 is 2.38 bits per heavy atom. The van der Waals surface area contributed by atoms with Crippen molar-refractivity contribution in [2.75, 3.05) is 4.90 Å². The zero-order valence-electron chi connectivity index (χ0n) is 16.0. The van der Waals surface area contributed by atoms with Crippen LogP contribution < -0.4 is 4.90 Å². The van der Waals surface area contributed by atoms with Crippen LogP contribution in [0.15, 0.2) is 60.2 Å². The van der Waals surface area contributed by atoms with Crippen molar-refractivity contribution in [2.24, 2.45) is 0 Å². The zero-order valence-corrected chi connectivity index (χ0v) is 16.8. The smallest absolute Gasteiger partial charge is 0.301 e. The number of aliphatic hydroxyl groups excluding tert-OH is 1. The Bertz CT molecular complexity index is 1100. The Kier molecular flexibility index (Phi) is 4.98. The largest absolute Gasteiger partial charge is 0.507 e. The monoisotopic (exact) mass is 405 g/mol. The van der Waals surface area contributed by atoms with Crippen molar-refractivity contribution in [3.8, 4) is 0 Å². The van der Waals surface area contributed by atoms with Crippen LogP contribution in [-0.4, -0.2) is 27.0 Å². The molecule has 0 spiro atoms. The van der Waals surface area contributed by atoms with Crippen LogP contribution in [-0.2, 0) is 16.0 Å². The standard InChI is InChI=1S/C22H19N3O3S/c1-3-16-23-24-22(29-16)25-18(14-7-5-4-6-8-14)17(20(27)21(25)28)19(26)15-11-9-13(2)10-12-15/h4-12,18,26H,3H2,1-2H3/b19-17+. The van der Waals surface area contributed by atoms with Gasteiger partial charge in [0.25, 0.3) is 5.78 Å². The van der Waals surface area contributed by atoms with Gasteiger partial charge in [0.1, 0.15) is 10.8 Å². The molecule has 0 aliphatic carbocycles. The van der Waals surface area contributed by atoms with Crippen molar-refractivity contribution < 1.29 is 14.7 Å². The van der Waals surface area contributed by atoms with Gasteiger partial charge in [0.15, 0.2) is 0 Å². The van der Waals surface area contributed by atoms with Crippen LogP contribution in [0, 0.1) is 6.92 Å². The van der Waals surface area contributed by atoms with E-state index < -0.39 is 17.7 Å². The van der Waals surface area contributed by atoms with Crippen LogP contribution in [0.3, 0.4) is 0 Å². The van der Waals surface area contributed by atoms with E-state index in [1.54, 1.807) is 12.1 Å². The molecule has 0 radical (unpaired) electrons. The number of amides is 1. The molecule has 6 nitrogen and oxygen atoms in total. The zero-order chi connectivity index (χ0) is 20.5. The van der Waals surface area contributed by atoms with E-state index in [-0.39, 0.29) is 11.3 Å². The molecular formula is C22H19N3O3S. The number of Topliss-reactive ketones (excluding diaryl/α,β-unsaturated/α-hetero) is 1. The van der Waals surface area contributed by atoms with Crippen LogP contribution in [0.1, 0.15) is 34.7 Å². The summed E-state index contributed by atoms with van der Waals surface area (Å²) in [5.41, 5.74) is 2.29. The van der Waals surface area contributed by atoms with Crippen LogP contribution in [0.5, 0.6) is 0 Å². The lowest BCUT2D eigenvalue weighted by atomic mass is 9.95. The highest BCUT2D eigenvalue weighted by Crippen LogP contribution is 2.42. The van der Waals surface area contributed by atoms with E-state index in [2.05, 4.69) is 10.2 Å². The predicted molar refractivity (Wildman–Crippen MR) is 112 cm³/mol. The number of nitrogens with zero attached hydrogens (tertiary/aromatic N) is 3. The Balaban J connectivity index is 1.91. The molecule has 1 saturated heterocycles. The fraction of sp³-hybridized carbons (Fsp3) is 0.182. The fourth-order valence-corrected chi connectivity index (χ4v) is 4.14. The summed E-state index contributed by atoms with van der Waals surface area (Å²) in [5.74, 6) is -1.64. The Morgan fingerprint density at radius 1 is 1.07 bits per heavy atom. The van der Waals surface area contributed by atoms with Crippen molar-refractivity contribution in [1.29, 1.82) is 0 Å². The molecule has 1 atom stereocenters. The number of rotatable bonds is 4. The number of hydrogen-bond donors (Lipinski definition) is 1. The van der Waals surface area contributed by atoms with Crippen molar-refractivity contribution in [3.63, 3.8) is 0 Å². The summed E-state index contributed by atoms with van der Waals surface area (Å²) in [4.78, 5) is 27.3. The van der Waals surface area contributed by atoms with Crippen molar-refractivity contribution in [3.05, 3.63) is 81.9 Å². The Labute approximate surface area is 172 Å². The minimum absolute atomic E-state index is 0.0540. The number of aromatic nitrogens is 2. The molecule has 1 N–H and O–H groups in total. The average molecular weight is 405 g/mol. The van der Waals surface area contributed by atoms with E-state index >= 15 is 0 Å². The van der Waals surface area contributed by atoms with Crippen LogP contribution in [0.25, 0.3) is 5.76 Å². The van der Waals surface area contributed by atoms with Gasteiger partial charge in [-0.15, -0.1) is 10.2 Å². The second-order valence-corrected chi connectivity index (χ2v) is 7.82. The van der Waals surface area contributed by atoms with E-state index in [4.69, 9.17) is 0 Å². The molecule has 2 heterocycles. The first-order chi connectivity index (χ1) is 14.0. The van der Waals surface area contributed by atoms with E-state index in [1.807, 2.05) is 56.3 Å². The second kappa shape index (κ2) is 7.60. The Hall–Kier alpha value is -3.32. The lowest BCUT2D eigenvalue weighted by Gasteiger charge is -2.22. The molecule has 1 fully saturated rings. The molecule has 0 bridgehead atoms. The van der Waals surface area contributed by atoms with Gasteiger partial charge in [-0.25, -0.2) is 0 Å². The van der Waals surface area contributed by atoms with Crippen LogP contribution in [0.2, 0.25) is 0 Å². The third-order valence-corrected chi connectivity index (χ3v) is 5.92. The number of carbonyl (C=O) groups excluding carboxylic acids is 2. The third kappa shape index (κ3) is 3.34. The Morgan fingerprint density at radius 2 is 1.76 bits per heavy atom. The first-order valence-corrected chi connectivity index (χ1v) is 10.1. The molecule has 1 aliphatic rings. The summed E-state index contributed by atoms with van der Waals surface area (Å²) >= 11 is 1.27. The van der Waals surface area contributed by atoms with E-state index in [0.717, 1.165) is 10.6 Å². The highest BCUT2D eigenvalue weighted by Gasteiger charge is 2.48. The molecule has 2 aromatic carbocycles. The van der Waals surface area contributed by atoms with Gasteiger partial charge in [0, 0.05) is 5.56 Å². The molecule has 1 aromatic heterocycles. The number of aryl methyl sites for hydroxylation is 2. The van der Waals surface area contributed by atoms with Crippen molar-refractivity contribution in [2.45, 2.75) is 26.3 Å². The maximum absolute atomic E-state index is 13.0. The quantitative estimate of drug-likeness (QED) is 0.402. The molecule has 1 amide bonds. The van der Waals surface area contributed by atoms with Crippen LogP contribution >= 0.6 is 11.3 Å². The number of carbonyl (C=O) groups is 2. The molecule has 0 saturated carbocycles. The molecular weight excluding hydrogens is 386 g/mol. The molecule has 1 aliphatic heterocycles. The normalized spacial score (nSPS) is 18.4. The van der Waals surface area contributed by atoms with E-state index in [0.29, 0.717) is 22.7 Å². The highest BCUT2D eigenvalue weighted by molar-refractivity contribution is 7.15. The highest BCUT2D eigenvalue weighted by atomic mass is 32.1. The molecule has 4 rings (SSSR count). The number of anilines is 1. The predicted octanol–water partition coefficient (Wildman–Crippen LogP) is 4.04. The number of hydrogen-bond acceptors (Lipinski definition) is 6. The van der Waals surface area contributed by atoms with Gasteiger partial charge in [0.2, 0.25) is 5.13 Å². The molecule has 29 heavy (non-hydrogen) atoms. The maximum atomic E-state index is 13.0. The van der Waals surface area contributed by atoms with Gasteiger partial charge in [0.05, 0.1) is 11.6 Å². The second-order valence-electron chi connectivity index (χ2n) is 6.78. The molecule has 1 unspecified atom stereocenters. The van der Waals surface area contributed by atoms with Gasteiger partial charge >= 0.3 is 5.91 Å². The maximum Gasteiger partial charge on any atom is 0.301 e. The van der Waals surface area contributed by atoms with Gasteiger partial charge < -0.3 is 5.11 Å². The van der Waals surface area contributed by atoms with E-state index in [1.165, 1.54) is 16.2 Å². The summed E-state index contributed by atoms with van der Waals surface area (Å²) in [6.07, 6.45) is 0.682. The first-order valence-electron chi connectivity index (χ1n) is 9.26. The summed E-state index contributed by atoms with van der Waals surface area (Å²) in [7, 11) is 0.